The molecule has 0 bridgehead atoms. The van der Waals surface area contributed by atoms with Crippen molar-refractivity contribution in [1.82, 2.24) is 14.1 Å². The lowest BCUT2D eigenvalue weighted by atomic mass is 10.2. The Morgan fingerprint density at radius 1 is 1.23 bits per heavy atom. The first kappa shape index (κ1) is 15.7. The second kappa shape index (κ2) is 5.63. The number of imidazole rings is 1. The zero-order valence-electron chi connectivity index (χ0n) is 12.8. The maximum absolute atomic E-state index is 12.4. The van der Waals surface area contributed by atoms with Gasteiger partial charge in [-0.2, -0.15) is 9.13 Å². The average molecular weight is 307 g/mol. The fourth-order valence-corrected chi connectivity index (χ4v) is 1.87. The van der Waals surface area contributed by atoms with Gasteiger partial charge in [0.2, 0.25) is 0 Å². The summed E-state index contributed by atoms with van der Waals surface area (Å²) in [6.07, 6.45) is -0.352. The summed E-state index contributed by atoms with van der Waals surface area (Å²) in [5.41, 5.74) is -1.45. The molecule has 0 saturated heterocycles. The zero-order chi connectivity index (χ0) is 16.5. The van der Waals surface area contributed by atoms with Crippen LogP contribution in [0.3, 0.4) is 0 Å². The number of hydrogen-bond acceptors (Lipinski definition) is 6. The lowest BCUT2D eigenvalue weighted by Gasteiger charge is -2.18. The van der Waals surface area contributed by atoms with Crippen LogP contribution in [0.15, 0.2) is 23.1 Å². The first-order chi connectivity index (χ1) is 10.3. The molecule has 22 heavy (non-hydrogen) atoms. The van der Waals surface area contributed by atoms with E-state index in [0.29, 0.717) is 0 Å². The van der Waals surface area contributed by atoms with Gasteiger partial charge in [-0.05, 0) is 39.8 Å². The summed E-state index contributed by atoms with van der Waals surface area (Å²) in [7, 11) is 0. The molecule has 2 rings (SSSR count). The molecule has 0 radical (unpaired) electrons. The Labute approximate surface area is 126 Å². The van der Waals surface area contributed by atoms with E-state index in [1.807, 2.05) is 0 Å². The van der Waals surface area contributed by atoms with Crippen LogP contribution in [0.5, 0.6) is 0 Å². The van der Waals surface area contributed by atoms with Crippen LogP contribution in [0.2, 0.25) is 0 Å². The van der Waals surface area contributed by atoms with Crippen molar-refractivity contribution in [2.45, 2.75) is 33.3 Å². The van der Waals surface area contributed by atoms with Crippen molar-refractivity contribution in [2.24, 2.45) is 0 Å². The molecule has 0 spiro atoms. The van der Waals surface area contributed by atoms with Crippen molar-refractivity contribution in [3.8, 4) is 0 Å². The van der Waals surface area contributed by atoms with Gasteiger partial charge in [0, 0.05) is 6.20 Å². The van der Waals surface area contributed by atoms with Gasteiger partial charge < -0.3 is 9.47 Å². The second-order valence-corrected chi connectivity index (χ2v) is 5.48. The van der Waals surface area contributed by atoms with Gasteiger partial charge in [-0.25, -0.2) is 19.4 Å². The molecule has 0 fully saturated rings. The summed E-state index contributed by atoms with van der Waals surface area (Å²) < 4.78 is 11.5. The number of rotatable bonds is 1. The van der Waals surface area contributed by atoms with E-state index in [1.165, 1.54) is 12.3 Å². The number of pyridine rings is 1. The molecule has 118 valence electrons. The largest absolute Gasteiger partial charge is 0.449 e. The van der Waals surface area contributed by atoms with Crippen LogP contribution in [0.25, 0.3) is 11.2 Å². The van der Waals surface area contributed by atoms with E-state index < -0.39 is 23.5 Å². The smallest absolute Gasteiger partial charge is 0.424 e. The molecule has 2 heterocycles. The monoisotopic (exact) mass is 307 g/mol. The van der Waals surface area contributed by atoms with Crippen molar-refractivity contribution in [2.75, 3.05) is 6.61 Å². The molecule has 0 N–H and O–H groups in total. The molecule has 0 aromatic carbocycles. The van der Waals surface area contributed by atoms with E-state index >= 15 is 0 Å². The van der Waals surface area contributed by atoms with Gasteiger partial charge in [-0.1, -0.05) is 0 Å². The third-order valence-corrected chi connectivity index (χ3v) is 2.63. The highest BCUT2D eigenvalue weighted by Gasteiger charge is 2.27. The molecule has 0 saturated carbocycles. The summed E-state index contributed by atoms with van der Waals surface area (Å²) in [6.45, 7) is 6.74. The predicted molar refractivity (Wildman–Crippen MR) is 78.0 cm³/mol. The van der Waals surface area contributed by atoms with Crippen molar-refractivity contribution < 1.29 is 19.1 Å². The van der Waals surface area contributed by atoms with Crippen molar-refractivity contribution >= 4 is 23.4 Å². The van der Waals surface area contributed by atoms with Crippen molar-refractivity contribution in [3.63, 3.8) is 0 Å². The Hall–Kier alpha value is -2.64. The van der Waals surface area contributed by atoms with Gasteiger partial charge in [0.05, 0.1) is 6.61 Å². The molecule has 2 aromatic heterocycles. The molecule has 8 nitrogen and oxygen atoms in total. The van der Waals surface area contributed by atoms with Crippen LogP contribution in [-0.2, 0) is 9.47 Å². The number of hydrogen-bond donors (Lipinski definition) is 0. The normalized spacial score (nSPS) is 11.5. The van der Waals surface area contributed by atoms with Crippen molar-refractivity contribution in [1.29, 1.82) is 0 Å². The molecule has 0 aliphatic heterocycles. The predicted octanol–water partition coefficient (Wildman–Crippen LogP) is 1.99. The average Bonchev–Trinajstić information content (AvgIpc) is 2.69. The van der Waals surface area contributed by atoms with E-state index in [4.69, 9.17) is 9.47 Å². The van der Waals surface area contributed by atoms with E-state index in [-0.39, 0.29) is 17.8 Å². The van der Waals surface area contributed by atoms with Crippen LogP contribution in [-0.4, -0.2) is 38.5 Å². The Kier molecular flexibility index (Phi) is 4.03. The number of fused-ring (bicyclic) bond motifs is 1. The Bertz CT molecular complexity index is 782. The molecule has 0 unspecified atom stereocenters. The maximum atomic E-state index is 12.4. The third-order valence-electron chi connectivity index (χ3n) is 2.63. The summed E-state index contributed by atoms with van der Waals surface area (Å²) in [5.74, 6) is 0. The highest BCUT2D eigenvalue weighted by Crippen LogP contribution is 2.14. The van der Waals surface area contributed by atoms with Gasteiger partial charge in [0.15, 0.2) is 5.65 Å². The fourth-order valence-electron chi connectivity index (χ4n) is 1.87. The minimum Gasteiger partial charge on any atom is -0.449 e. The zero-order valence-corrected chi connectivity index (χ0v) is 12.8. The molecule has 0 atom stereocenters. The quantitative estimate of drug-likeness (QED) is 0.800. The fraction of sp³-hybridized carbons (Fsp3) is 0.429. The summed E-state index contributed by atoms with van der Waals surface area (Å²) in [5, 5.41) is 0. The second-order valence-electron chi connectivity index (χ2n) is 5.48. The topological polar surface area (TPSA) is 92.4 Å². The van der Waals surface area contributed by atoms with Crippen molar-refractivity contribution in [3.05, 3.63) is 28.8 Å². The number of nitrogens with zero attached hydrogens (tertiary/aromatic N) is 3. The Morgan fingerprint density at radius 2 is 1.91 bits per heavy atom. The minimum atomic E-state index is -0.899. The standard InChI is InChI=1S/C14H17N3O5/c1-5-21-12(19)16-9-7-6-8-15-10(9)17(11(16)18)13(20)22-14(2,3)4/h6-8H,5H2,1-4H3. The molecule has 2 aromatic rings. The van der Waals surface area contributed by atoms with E-state index in [2.05, 4.69) is 4.98 Å². The van der Waals surface area contributed by atoms with Crippen LogP contribution >= 0.6 is 0 Å². The molecular weight excluding hydrogens is 290 g/mol. The minimum absolute atomic E-state index is 0.0369. The Morgan fingerprint density at radius 3 is 2.50 bits per heavy atom. The van der Waals surface area contributed by atoms with E-state index in [1.54, 1.807) is 33.8 Å². The van der Waals surface area contributed by atoms with Crippen LogP contribution < -0.4 is 5.69 Å². The first-order valence-electron chi connectivity index (χ1n) is 6.75. The van der Waals surface area contributed by atoms with Crippen LogP contribution in [0.1, 0.15) is 27.7 Å². The van der Waals surface area contributed by atoms with Gasteiger partial charge in [0.25, 0.3) is 0 Å². The number of carbonyl (C=O) groups is 2. The highest BCUT2D eigenvalue weighted by atomic mass is 16.6. The maximum Gasteiger partial charge on any atom is 0.424 e. The first-order valence-corrected chi connectivity index (χ1v) is 6.75. The molecule has 0 aliphatic carbocycles. The van der Waals surface area contributed by atoms with Gasteiger partial charge in [-0.15, -0.1) is 0 Å². The lowest BCUT2D eigenvalue weighted by molar-refractivity contribution is 0.0536. The number of aromatic nitrogens is 3. The SMILES string of the molecule is CCOC(=O)n1c(=O)n(C(=O)OC(C)(C)C)c2ncccc21. The molecule has 0 amide bonds. The van der Waals surface area contributed by atoms with Gasteiger partial charge >= 0.3 is 17.9 Å². The van der Waals surface area contributed by atoms with Gasteiger partial charge in [-0.3, -0.25) is 0 Å². The third kappa shape index (κ3) is 2.85. The van der Waals surface area contributed by atoms with Crippen LogP contribution in [0.4, 0.5) is 9.59 Å². The summed E-state index contributed by atoms with van der Waals surface area (Å²) >= 11 is 0. The van der Waals surface area contributed by atoms with Gasteiger partial charge in [0.1, 0.15) is 11.1 Å². The van der Waals surface area contributed by atoms with Crippen LogP contribution in [0, 0.1) is 0 Å². The lowest BCUT2D eigenvalue weighted by Crippen LogP contribution is -2.36. The summed E-state index contributed by atoms with van der Waals surface area (Å²) in [4.78, 5) is 40.6. The number of carbonyl (C=O) groups excluding carboxylic acids is 2. The van der Waals surface area contributed by atoms with E-state index in [0.717, 1.165) is 9.13 Å². The molecule has 0 aliphatic rings. The molecular formula is C14H17N3O5. The molecule has 8 heteroatoms. The highest BCUT2D eigenvalue weighted by molar-refractivity contribution is 5.90. The summed E-state index contributed by atoms with van der Waals surface area (Å²) in [6, 6.07) is 3.05. The Balaban J connectivity index is 2.66. The number of ether oxygens (including phenoxy) is 2. The van der Waals surface area contributed by atoms with E-state index in [9.17, 15) is 14.4 Å².